The maximum Gasteiger partial charge on any atom is 0.329 e. The Morgan fingerprint density at radius 2 is 1.85 bits per heavy atom. The summed E-state index contributed by atoms with van der Waals surface area (Å²) >= 11 is 9.18. The molecule has 0 aliphatic heterocycles. The number of carbonyl (C=O) groups is 2. The van der Waals surface area contributed by atoms with Crippen LogP contribution in [0.2, 0.25) is 5.02 Å². The minimum absolute atomic E-state index is 0.405. The van der Waals surface area contributed by atoms with Crippen molar-refractivity contribution in [3.63, 3.8) is 0 Å². The molecule has 9 heteroatoms. The lowest BCUT2D eigenvalue weighted by molar-refractivity contribution is -0.136. The lowest BCUT2D eigenvalue weighted by atomic mass is 10.2. The normalized spacial score (nSPS) is 10.5. The van der Waals surface area contributed by atoms with E-state index < -0.39 is 11.8 Å². The van der Waals surface area contributed by atoms with Crippen LogP contribution in [0.1, 0.15) is 5.56 Å². The van der Waals surface area contributed by atoms with Gasteiger partial charge in [0.15, 0.2) is 0 Å². The highest BCUT2D eigenvalue weighted by Crippen LogP contribution is 2.31. The van der Waals surface area contributed by atoms with Gasteiger partial charge in [0.25, 0.3) is 0 Å². The number of nitrogens with zero attached hydrogens (tertiary/aromatic N) is 1. The highest BCUT2D eigenvalue weighted by Gasteiger charge is 2.13. The van der Waals surface area contributed by atoms with Crippen molar-refractivity contribution in [3.05, 3.63) is 51.5 Å². The van der Waals surface area contributed by atoms with E-state index in [1.807, 2.05) is 0 Å². The number of nitrogens with one attached hydrogen (secondary N) is 2. The molecule has 0 radical (unpaired) electrons. The van der Waals surface area contributed by atoms with Crippen molar-refractivity contribution in [1.29, 1.82) is 0 Å². The fourth-order valence-corrected chi connectivity index (χ4v) is 2.66. The van der Waals surface area contributed by atoms with Gasteiger partial charge in [0, 0.05) is 22.3 Å². The Kier molecular flexibility index (Phi) is 6.99. The molecule has 0 bridgehead atoms. The molecule has 2 aromatic rings. The topological polar surface area (TPSA) is 89.0 Å². The van der Waals surface area contributed by atoms with Crippen LogP contribution in [0.3, 0.4) is 0 Å². The molecule has 0 aromatic heterocycles. The molecule has 2 aromatic carbocycles. The van der Waals surface area contributed by atoms with Crippen molar-refractivity contribution >= 4 is 51.2 Å². The molecule has 2 N–H and O–H groups in total. The Hall–Kier alpha value is -2.58. The minimum atomic E-state index is -0.923. The predicted octanol–water partition coefficient (Wildman–Crippen LogP) is 3.21. The summed E-state index contributed by atoms with van der Waals surface area (Å²) in [7, 11) is 3.03. The molecule has 0 aliphatic rings. The van der Waals surface area contributed by atoms with Crippen LogP contribution in [0.5, 0.6) is 11.5 Å². The van der Waals surface area contributed by atoms with E-state index in [1.165, 1.54) is 26.5 Å². The van der Waals surface area contributed by atoms with E-state index in [-0.39, 0.29) is 0 Å². The Morgan fingerprint density at radius 1 is 1.12 bits per heavy atom. The molecule has 0 atom stereocenters. The molecule has 26 heavy (non-hydrogen) atoms. The number of carbonyl (C=O) groups excluding carboxylic acids is 2. The van der Waals surface area contributed by atoms with Gasteiger partial charge in [0.1, 0.15) is 11.5 Å². The van der Waals surface area contributed by atoms with E-state index in [1.54, 1.807) is 30.3 Å². The van der Waals surface area contributed by atoms with Gasteiger partial charge in [-0.15, -0.1) is 0 Å². The SMILES string of the molecule is COc1cc(OC)c(C=NNC(=O)C(=O)Nc2cccc(Cl)c2)cc1Br. The van der Waals surface area contributed by atoms with Crippen LogP contribution < -0.4 is 20.2 Å². The van der Waals surface area contributed by atoms with Crippen LogP contribution in [0.15, 0.2) is 46.0 Å². The summed E-state index contributed by atoms with van der Waals surface area (Å²) in [5.41, 5.74) is 3.13. The Bertz CT molecular complexity index is 858. The van der Waals surface area contributed by atoms with Crippen molar-refractivity contribution in [1.82, 2.24) is 5.43 Å². The average molecular weight is 441 g/mol. The molecule has 2 rings (SSSR count). The molecule has 2 amide bonds. The summed E-state index contributed by atoms with van der Waals surface area (Å²) in [6.07, 6.45) is 1.35. The Balaban J connectivity index is 2.02. The number of hydrazone groups is 1. The van der Waals surface area contributed by atoms with Crippen molar-refractivity contribution in [2.45, 2.75) is 0 Å². The Labute approximate surface area is 163 Å². The molecular formula is C17H15BrClN3O4. The number of rotatable bonds is 5. The monoisotopic (exact) mass is 439 g/mol. The van der Waals surface area contributed by atoms with Crippen LogP contribution in [0.4, 0.5) is 5.69 Å². The number of hydrogen-bond donors (Lipinski definition) is 2. The quantitative estimate of drug-likeness (QED) is 0.424. The van der Waals surface area contributed by atoms with Gasteiger partial charge in [-0.3, -0.25) is 9.59 Å². The summed E-state index contributed by atoms with van der Waals surface area (Å²) in [5.74, 6) is -0.713. The van der Waals surface area contributed by atoms with E-state index in [4.69, 9.17) is 21.1 Å². The molecule has 0 unspecified atom stereocenters. The molecule has 0 spiro atoms. The lowest BCUT2D eigenvalue weighted by Crippen LogP contribution is -2.32. The van der Waals surface area contributed by atoms with Crippen LogP contribution >= 0.6 is 27.5 Å². The molecule has 136 valence electrons. The number of amides is 2. The van der Waals surface area contributed by atoms with Crippen molar-refractivity contribution in [3.8, 4) is 11.5 Å². The Morgan fingerprint density at radius 3 is 2.50 bits per heavy atom. The summed E-state index contributed by atoms with van der Waals surface area (Å²) in [6, 6.07) is 9.82. The maximum absolute atomic E-state index is 11.8. The van der Waals surface area contributed by atoms with Gasteiger partial charge in [-0.05, 0) is 40.2 Å². The van der Waals surface area contributed by atoms with E-state index in [0.29, 0.717) is 32.2 Å². The highest BCUT2D eigenvalue weighted by atomic mass is 79.9. The minimum Gasteiger partial charge on any atom is -0.496 e. The molecule has 7 nitrogen and oxygen atoms in total. The van der Waals surface area contributed by atoms with Crippen LogP contribution in [0.25, 0.3) is 0 Å². The molecule has 0 heterocycles. The number of hydrogen-bond acceptors (Lipinski definition) is 5. The van der Waals surface area contributed by atoms with E-state index in [2.05, 4.69) is 31.8 Å². The maximum atomic E-state index is 11.8. The fraction of sp³-hybridized carbons (Fsp3) is 0.118. The molecule has 0 aliphatic carbocycles. The van der Waals surface area contributed by atoms with E-state index in [9.17, 15) is 9.59 Å². The van der Waals surface area contributed by atoms with Gasteiger partial charge in [0.2, 0.25) is 0 Å². The van der Waals surface area contributed by atoms with Gasteiger partial charge in [-0.1, -0.05) is 17.7 Å². The number of anilines is 1. The third-order valence-corrected chi connectivity index (χ3v) is 4.02. The zero-order valence-electron chi connectivity index (χ0n) is 13.9. The summed E-state index contributed by atoms with van der Waals surface area (Å²) in [6.45, 7) is 0. The first-order chi connectivity index (χ1) is 12.4. The van der Waals surface area contributed by atoms with Gasteiger partial charge in [-0.2, -0.15) is 5.10 Å². The van der Waals surface area contributed by atoms with Crippen molar-refractivity contribution < 1.29 is 19.1 Å². The second kappa shape index (κ2) is 9.21. The van der Waals surface area contributed by atoms with Crippen LogP contribution in [-0.2, 0) is 9.59 Å². The largest absolute Gasteiger partial charge is 0.496 e. The number of benzene rings is 2. The molecular weight excluding hydrogens is 426 g/mol. The summed E-state index contributed by atoms with van der Waals surface area (Å²) in [4.78, 5) is 23.7. The van der Waals surface area contributed by atoms with Crippen molar-refractivity contribution in [2.75, 3.05) is 19.5 Å². The second-order valence-electron chi connectivity index (χ2n) is 4.89. The smallest absolute Gasteiger partial charge is 0.329 e. The zero-order valence-corrected chi connectivity index (χ0v) is 16.2. The summed E-state index contributed by atoms with van der Waals surface area (Å²) in [5, 5.41) is 6.64. The third kappa shape index (κ3) is 5.21. The first-order valence-corrected chi connectivity index (χ1v) is 8.43. The zero-order chi connectivity index (χ0) is 19.1. The molecule has 0 fully saturated rings. The number of methoxy groups -OCH3 is 2. The second-order valence-corrected chi connectivity index (χ2v) is 6.18. The fourth-order valence-electron chi connectivity index (χ4n) is 1.95. The van der Waals surface area contributed by atoms with Gasteiger partial charge in [0.05, 0.1) is 24.9 Å². The predicted molar refractivity (Wildman–Crippen MR) is 103 cm³/mol. The number of ether oxygens (including phenoxy) is 2. The van der Waals surface area contributed by atoms with Gasteiger partial charge >= 0.3 is 11.8 Å². The third-order valence-electron chi connectivity index (χ3n) is 3.16. The van der Waals surface area contributed by atoms with Gasteiger partial charge in [-0.25, -0.2) is 5.43 Å². The van der Waals surface area contributed by atoms with E-state index >= 15 is 0 Å². The highest BCUT2D eigenvalue weighted by molar-refractivity contribution is 9.10. The molecule has 0 saturated heterocycles. The van der Waals surface area contributed by atoms with Gasteiger partial charge < -0.3 is 14.8 Å². The standard InChI is InChI=1S/C17H15BrClN3O4/c1-25-14-8-15(26-2)13(18)6-10(14)9-20-22-17(24)16(23)21-12-5-3-4-11(19)7-12/h3-9H,1-2H3,(H,21,23)(H,22,24). The summed E-state index contributed by atoms with van der Waals surface area (Å²) < 4.78 is 11.1. The molecule has 0 saturated carbocycles. The van der Waals surface area contributed by atoms with Crippen LogP contribution in [-0.4, -0.2) is 32.2 Å². The first-order valence-electron chi connectivity index (χ1n) is 7.26. The van der Waals surface area contributed by atoms with Crippen molar-refractivity contribution in [2.24, 2.45) is 5.10 Å². The van der Waals surface area contributed by atoms with E-state index in [0.717, 1.165) is 0 Å². The average Bonchev–Trinajstić information content (AvgIpc) is 2.61. The number of halogens is 2. The lowest BCUT2D eigenvalue weighted by Gasteiger charge is -2.09. The van der Waals surface area contributed by atoms with Crippen LogP contribution in [0, 0.1) is 0 Å². The first kappa shape index (κ1) is 19.7.